The predicted molar refractivity (Wildman–Crippen MR) is 70.2 cm³/mol. The predicted octanol–water partition coefficient (Wildman–Crippen LogP) is 1.10. The number of fused-ring (bicyclic) bond motifs is 1. The first-order valence-corrected chi connectivity index (χ1v) is 7.22. The summed E-state index contributed by atoms with van der Waals surface area (Å²) in [5, 5.41) is 8.70. The Morgan fingerprint density at radius 2 is 2.17 bits per heavy atom. The van der Waals surface area contributed by atoms with E-state index in [1.54, 1.807) is 0 Å². The molecule has 1 aromatic heterocycles. The molecule has 18 heavy (non-hydrogen) atoms. The number of aryl methyl sites for hydroxylation is 1. The van der Waals surface area contributed by atoms with Gasteiger partial charge in [0.15, 0.2) is 0 Å². The maximum atomic E-state index is 6.20. The summed E-state index contributed by atoms with van der Waals surface area (Å²) < 4.78 is 2.19. The topological polar surface area (TPSA) is 60.0 Å². The van der Waals surface area contributed by atoms with E-state index in [1.807, 2.05) is 0 Å². The summed E-state index contributed by atoms with van der Waals surface area (Å²) in [5.41, 5.74) is 6.20. The van der Waals surface area contributed by atoms with Crippen LogP contribution in [0.5, 0.6) is 0 Å². The van der Waals surface area contributed by atoms with Crippen molar-refractivity contribution >= 4 is 0 Å². The molecule has 2 aliphatic heterocycles. The average molecular weight is 249 g/mol. The van der Waals surface area contributed by atoms with Crippen molar-refractivity contribution in [3.05, 3.63) is 11.6 Å². The Morgan fingerprint density at radius 1 is 1.28 bits per heavy atom. The van der Waals surface area contributed by atoms with Crippen molar-refractivity contribution in [2.75, 3.05) is 13.1 Å². The van der Waals surface area contributed by atoms with E-state index in [0.29, 0.717) is 6.04 Å². The molecule has 2 N–H and O–H groups in total. The molecular weight excluding hydrogens is 226 g/mol. The van der Waals surface area contributed by atoms with Crippen LogP contribution in [0.4, 0.5) is 0 Å². The molecule has 0 spiro atoms. The van der Waals surface area contributed by atoms with E-state index >= 15 is 0 Å². The second-order valence-corrected chi connectivity index (χ2v) is 5.49. The smallest absolute Gasteiger partial charge is 0.135 e. The molecule has 0 radical (unpaired) electrons. The Bertz CT molecular complexity index is 414. The van der Waals surface area contributed by atoms with Gasteiger partial charge in [-0.2, -0.15) is 0 Å². The van der Waals surface area contributed by atoms with Gasteiger partial charge < -0.3 is 10.6 Å². The number of rotatable bonds is 3. The van der Waals surface area contributed by atoms with Crippen molar-refractivity contribution in [1.29, 1.82) is 0 Å². The standard InChI is InChI=1S/C13H23N5/c1-2-17-8-4-5-10(17)9-13-16-15-12-7-3-6-11(14)18(12)13/h10-11H,2-9,14H2,1H3. The molecule has 2 unspecified atom stereocenters. The van der Waals surface area contributed by atoms with Crippen LogP contribution in [0.1, 0.15) is 50.4 Å². The first-order chi connectivity index (χ1) is 8.79. The molecule has 3 heterocycles. The van der Waals surface area contributed by atoms with Crippen LogP contribution in [0.25, 0.3) is 0 Å². The van der Waals surface area contributed by atoms with Gasteiger partial charge in [0, 0.05) is 18.9 Å². The normalized spacial score (nSPS) is 28.6. The number of likely N-dealkylation sites (N-methyl/N-ethyl adjacent to an activating group) is 1. The van der Waals surface area contributed by atoms with Gasteiger partial charge in [0.1, 0.15) is 11.6 Å². The number of aromatic nitrogens is 3. The van der Waals surface area contributed by atoms with Crippen LogP contribution in [-0.2, 0) is 12.8 Å². The third kappa shape index (κ3) is 2.06. The van der Waals surface area contributed by atoms with Crippen LogP contribution in [0.3, 0.4) is 0 Å². The fraction of sp³-hybridized carbons (Fsp3) is 0.846. The Balaban J connectivity index is 1.79. The highest BCUT2D eigenvalue weighted by Gasteiger charge is 2.28. The highest BCUT2D eigenvalue weighted by atomic mass is 15.3. The molecule has 1 aromatic rings. The van der Waals surface area contributed by atoms with Crippen molar-refractivity contribution in [2.24, 2.45) is 5.73 Å². The molecule has 1 fully saturated rings. The maximum absolute atomic E-state index is 6.20. The Labute approximate surface area is 108 Å². The SMILES string of the molecule is CCN1CCCC1Cc1nnc2n1C(N)CCC2. The third-order valence-electron chi connectivity index (χ3n) is 4.39. The minimum Gasteiger partial charge on any atom is -0.311 e. The molecule has 0 aromatic carbocycles. The van der Waals surface area contributed by atoms with Crippen LogP contribution in [0.15, 0.2) is 0 Å². The van der Waals surface area contributed by atoms with Crippen LogP contribution in [-0.4, -0.2) is 38.8 Å². The lowest BCUT2D eigenvalue weighted by Crippen LogP contribution is -2.33. The molecule has 0 saturated carbocycles. The van der Waals surface area contributed by atoms with Crippen molar-refractivity contribution in [1.82, 2.24) is 19.7 Å². The minimum atomic E-state index is 0.0928. The Kier molecular flexibility index (Phi) is 3.35. The summed E-state index contributed by atoms with van der Waals surface area (Å²) in [6, 6.07) is 0.637. The largest absolute Gasteiger partial charge is 0.311 e. The van der Waals surface area contributed by atoms with Gasteiger partial charge >= 0.3 is 0 Å². The average Bonchev–Trinajstić information content (AvgIpc) is 2.97. The molecule has 2 aliphatic rings. The molecule has 1 saturated heterocycles. The highest BCUT2D eigenvalue weighted by Crippen LogP contribution is 2.25. The molecular formula is C13H23N5. The van der Waals surface area contributed by atoms with Crippen LogP contribution >= 0.6 is 0 Å². The molecule has 2 atom stereocenters. The molecule has 5 heteroatoms. The quantitative estimate of drug-likeness (QED) is 0.871. The van der Waals surface area contributed by atoms with Crippen molar-refractivity contribution < 1.29 is 0 Å². The maximum Gasteiger partial charge on any atom is 0.135 e. The van der Waals surface area contributed by atoms with Gasteiger partial charge in [-0.05, 0) is 38.8 Å². The number of hydrogen-bond acceptors (Lipinski definition) is 4. The summed E-state index contributed by atoms with van der Waals surface area (Å²) >= 11 is 0. The minimum absolute atomic E-state index is 0.0928. The third-order valence-corrected chi connectivity index (χ3v) is 4.39. The fourth-order valence-corrected chi connectivity index (χ4v) is 3.41. The molecule has 100 valence electrons. The van der Waals surface area contributed by atoms with Crippen LogP contribution in [0.2, 0.25) is 0 Å². The van der Waals surface area contributed by atoms with Gasteiger partial charge in [0.25, 0.3) is 0 Å². The van der Waals surface area contributed by atoms with Crippen LogP contribution in [0, 0.1) is 0 Å². The number of likely N-dealkylation sites (tertiary alicyclic amines) is 1. The van der Waals surface area contributed by atoms with E-state index in [4.69, 9.17) is 5.73 Å². The second kappa shape index (κ2) is 4.97. The van der Waals surface area contributed by atoms with E-state index in [9.17, 15) is 0 Å². The number of nitrogens with zero attached hydrogens (tertiary/aromatic N) is 4. The lowest BCUT2D eigenvalue weighted by atomic mass is 10.1. The van der Waals surface area contributed by atoms with E-state index in [-0.39, 0.29) is 6.17 Å². The monoisotopic (exact) mass is 249 g/mol. The van der Waals surface area contributed by atoms with Crippen molar-refractivity contribution in [2.45, 2.75) is 57.7 Å². The van der Waals surface area contributed by atoms with Gasteiger partial charge in [0.2, 0.25) is 0 Å². The Morgan fingerprint density at radius 3 is 3.00 bits per heavy atom. The van der Waals surface area contributed by atoms with E-state index < -0.39 is 0 Å². The molecule has 3 rings (SSSR count). The zero-order valence-electron chi connectivity index (χ0n) is 11.2. The summed E-state index contributed by atoms with van der Waals surface area (Å²) in [6.45, 7) is 4.61. The van der Waals surface area contributed by atoms with Crippen molar-refractivity contribution in [3.8, 4) is 0 Å². The summed E-state index contributed by atoms with van der Waals surface area (Å²) in [7, 11) is 0. The summed E-state index contributed by atoms with van der Waals surface area (Å²) in [5.74, 6) is 2.19. The first kappa shape index (κ1) is 12.1. The zero-order chi connectivity index (χ0) is 12.5. The van der Waals surface area contributed by atoms with Gasteiger partial charge in [0.05, 0.1) is 6.17 Å². The molecule has 5 nitrogen and oxygen atoms in total. The summed E-state index contributed by atoms with van der Waals surface area (Å²) in [6.07, 6.45) is 6.92. The Hall–Kier alpha value is -0.940. The zero-order valence-corrected chi connectivity index (χ0v) is 11.2. The van der Waals surface area contributed by atoms with Crippen LogP contribution < -0.4 is 5.73 Å². The first-order valence-electron chi connectivity index (χ1n) is 7.22. The van der Waals surface area contributed by atoms with E-state index in [1.165, 1.54) is 19.4 Å². The van der Waals surface area contributed by atoms with E-state index in [0.717, 1.165) is 43.9 Å². The van der Waals surface area contributed by atoms with Gasteiger partial charge in [-0.1, -0.05) is 6.92 Å². The second-order valence-electron chi connectivity index (χ2n) is 5.49. The van der Waals surface area contributed by atoms with Gasteiger partial charge in [-0.3, -0.25) is 4.57 Å². The fourth-order valence-electron chi connectivity index (χ4n) is 3.41. The number of nitrogens with two attached hydrogens (primary N) is 1. The van der Waals surface area contributed by atoms with Gasteiger partial charge in [-0.15, -0.1) is 10.2 Å². The lowest BCUT2D eigenvalue weighted by Gasteiger charge is -2.25. The lowest BCUT2D eigenvalue weighted by molar-refractivity contribution is 0.258. The van der Waals surface area contributed by atoms with Crippen molar-refractivity contribution in [3.63, 3.8) is 0 Å². The van der Waals surface area contributed by atoms with Gasteiger partial charge in [-0.25, -0.2) is 0 Å². The highest BCUT2D eigenvalue weighted by molar-refractivity contribution is 5.04. The summed E-state index contributed by atoms with van der Waals surface area (Å²) in [4.78, 5) is 2.55. The molecule has 0 amide bonds. The van der Waals surface area contributed by atoms with E-state index in [2.05, 4.69) is 26.6 Å². The number of hydrogen-bond donors (Lipinski definition) is 1. The molecule has 0 bridgehead atoms. The molecule has 0 aliphatic carbocycles.